The Labute approximate surface area is 106 Å². The van der Waals surface area contributed by atoms with Gasteiger partial charge in [0.05, 0.1) is 11.8 Å². The molecule has 1 saturated heterocycles. The number of hydrogen-bond acceptors (Lipinski definition) is 4. The summed E-state index contributed by atoms with van der Waals surface area (Å²) in [7, 11) is 0. The lowest BCUT2D eigenvalue weighted by Gasteiger charge is -2.22. The van der Waals surface area contributed by atoms with Gasteiger partial charge in [0, 0.05) is 18.7 Å². The number of H-pyrrole nitrogens is 1. The minimum atomic E-state index is -0.982. The Morgan fingerprint density at radius 2 is 2.33 bits per heavy atom. The maximum absolute atomic E-state index is 11.0. The van der Waals surface area contributed by atoms with Crippen LogP contribution in [-0.2, 0) is 6.54 Å². The van der Waals surface area contributed by atoms with Gasteiger partial charge in [-0.15, -0.1) is 0 Å². The van der Waals surface area contributed by atoms with E-state index in [9.17, 15) is 9.90 Å². The normalized spacial score (nSPS) is 25.9. The van der Waals surface area contributed by atoms with Crippen molar-refractivity contribution in [2.75, 3.05) is 13.1 Å². The highest BCUT2D eigenvalue weighted by molar-refractivity contribution is 5.86. The van der Waals surface area contributed by atoms with Crippen LogP contribution in [0.2, 0.25) is 0 Å². The minimum Gasteiger partial charge on any atom is -0.477 e. The highest BCUT2D eigenvalue weighted by Crippen LogP contribution is 2.22. The number of aromatic nitrogens is 2. The molecule has 1 aromatic heterocycles. The van der Waals surface area contributed by atoms with Gasteiger partial charge < -0.3 is 10.2 Å². The van der Waals surface area contributed by atoms with Crippen LogP contribution in [0.4, 0.5) is 0 Å². The second-order valence-electron chi connectivity index (χ2n) is 5.20. The molecule has 2 rings (SSSR count). The molecule has 0 radical (unpaired) electrons. The largest absolute Gasteiger partial charge is 0.477 e. The number of carbonyl (C=O) groups is 1. The smallest absolute Gasteiger partial charge is 0.354 e. The van der Waals surface area contributed by atoms with Crippen molar-refractivity contribution in [2.45, 2.75) is 38.3 Å². The van der Waals surface area contributed by atoms with E-state index in [0.29, 0.717) is 18.5 Å². The summed E-state index contributed by atoms with van der Waals surface area (Å²) in [5.41, 5.74) is 0.260. The Bertz CT molecular complexity index is 428. The van der Waals surface area contributed by atoms with E-state index < -0.39 is 11.6 Å². The molecule has 100 valence electrons. The summed E-state index contributed by atoms with van der Waals surface area (Å²) in [5.74, 6) is -0.982. The average molecular weight is 253 g/mol. The molecule has 0 amide bonds. The molecule has 0 saturated carbocycles. The molecule has 1 aromatic rings. The van der Waals surface area contributed by atoms with Crippen LogP contribution in [0.1, 0.15) is 42.2 Å². The number of aliphatic hydroxyl groups is 1. The molecule has 0 bridgehead atoms. The van der Waals surface area contributed by atoms with E-state index in [1.807, 2.05) is 6.92 Å². The quantitative estimate of drug-likeness (QED) is 0.743. The van der Waals surface area contributed by atoms with Crippen LogP contribution in [0.15, 0.2) is 6.20 Å². The fraction of sp³-hybridized carbons (Fsp3) is 0.667. The van der Waals surface area contributed by atoms with Gasteiger partial charge in [-0.05, 0) is 32.7 Å². The Morgan fingerprint density at radius 1 is 1.56 bits per heavy atom. The summed E-state index contributed by atoms with van der Waals surface area (Å²) in [4.78, 5) is 13.1. The Hall–Kier alpha value is -1.40. The first kappa shape index (κ1) is 13.0. The van der Waals surface area contributed by atoms with Crippen LogP contribution < -0.4 is 0 Å². The molecule has 18 heavy (non-hydrogen) atoms. The van der Waals surface area contributed by atoms with Crippen molar-refractivity contribution >= 4 is 5.97 Å². The van der Waals surface area contributed by atoms with Crippen molar-refractivity contribution in [3.63, 3.8) is 0 Å². The van der Waals surface area contributed by atoms with E-state index in [-0.39, 0.29) is 5.69 Å². The molecule has 1 aliphatic rings. The summed E-state index contributed by atoms with van der Waals surface area (Å²) in [6, 6.07) is 0. The van der Waals surface area contributed by atoms with Crippen molar-refractivity contribution in [1.29, 1.82) is 0 Å². The third-order valence-corrected chi connectivity index (χ3v) is 3.48. The second-order valence-corrected chi connectivity index (χ2v) is 5.20. The molecule has 0 spiro atoms. The topological polar surface area (TPSA) is 89.5 Å². The lowest BCUT2D eigenvalue weighted by Crippen LogP contribution is -2.28. The molecule has 0 aliphatic carbocycles. The number of hydrogen-bond donors (Lipinski definition) is 3. The van der Waals surface area contributed by atoms with Crippen LogP contribution in [-0.4, -0.2) is 50.0 Å². The van der Waals surface area contributed by atoms with Gasteiger partial charge in [0.2, 0.25) is 0 Å². The molecule has 1 fully saturated rings. The molecular weight excluding hydrogens is 234 g/mol. The fourth-order valence-corrected chi connectivity index (χ4v) is 2.33. The summed E-state index contributed by atoms with van der Waals surface area (Å²) in [6.07, 6.45) is 3.99. The summed E-state index contributed by atoms with van der Waals surface area (Å²) >= 11 is 0. The van der Waals surface area contributed by atoms with E-state index in [2.05, 4.69) is 15.1 Å². The minimum absolute atomic E-state index is 0.158. The molecule has 3 N–H and O–H groups in total. The average Bonchev–Trinajstić information content (AvgIpc) is 2.66. The number of likely N-dealkylation sites (tertiary alicyclic amines) is 1. The van der Waals surface area contributed by atoms with Crippen LogP contribution in [0, 0.1) is 0 Å². The van der Waals surface area contributed by atoms with Gasteiger partial charge >= 0.3 is 5.97 Å². The number of aromatic amines is 1. The van der Waals surface area contributed by atoms with Gasteiger partial charge in [-0.3, -0.25) is 10.00 Å². The van der Waals surface area contributed by atoms with Gasteiger partial charge in [0.15, 0.2) is 0 Å². The third-order valence-electron chi connectivity index (χ3n) is 3.48. The molecular formula is C12H19N3O3. The van der Waals surface area contributed by atoms with Crippen molar-refractivity contribution in [3.05, 3.63) is 17.5 Å². The zero-order valence-electron chi connectivity index (χ0n) is 10.5. The highest BCUT2D eigenvalue weighted by atomic mass is 16.4. The van der Waals surface area contributed by atoms with E-state index in [1.54, 1.807) is 6.20 Å². The number of rotatable bonds is 3. The predicted octanol–water partition coefficient (Wildman–Crippen LogP) is 0.845. The van der Waals surface area contributed by atoms with E-state index in [0.717, 1.165) is 25.9 Å². The summed E-state index contributed by atoms with van der Waals surface area (Å²) in [6.45, 7) is 4.07. The van der Waals surface area contributed by atoms with Gasteiger partial charge in [0.1, 0.15) is 5.69 Å². The zero-order valence-corrected chi connectivity index (χ0v) is 10.5. The monoisotopic (exact) mass is 253 g/mol. The van der Waals surface area contributed by atoms with Crippen molar-refractivity contribution < 1.29 is 15.0 Å². The maximum Gasteiger partial charge on any atom is 0.354 e. The zero-order chi connectivity index (χ0) is 13.2. The van der Waals surface area contributed by atoms with E-state index >= 15 is 0 Å². The first-order valence-electron chi connectivity index (χ1n) is 6.18. The first-order chi connectivity index (χ1) is 8.48. The molecule has 0 unspecified atom stereocenters. The fourth-order valence-electron chi connectivity index (χ4n) is 2.33. The lowest BCUT2D eigenvalue weighted by molar-refractivity contribution is 0.0443. The first-order valence-corrected chi connectivity index (χ1v) is 6.18. The van der Waals surface area contributed by atoms with Crippen LogP contribution in [0.25, 0.3) is 0 Å². The van der Waals surface area contributed by atoms with Crippen LogP contribution in [0.5, 0.6) is 0 Å². The van der Waals surface area contributed by atoms with Crippen molar-refractivity contribution in [1.82, 2.24) is 15.1 Å². The Kier molecular flexibility index (Phi) is 3.68. The summed E-state index contributed by atoms with van der Waals surface area (Å²) in [5, 5.41) is 25.3. The lowest BCUT2D eigenvalue weighted by atomic mass is 9.98. The summed E-state index contributed by atoms with van der Waals surface area (Å²) < 4.78 is 0. The highest BCUT2D eigenvalue weighted by Gasteiger charge is 2.25. The molecule has 6 heteroatoms. The molecule has 6 nitrogen and oxygen atoms in total. The van der Waals surface area contributed by atoms with E-state index in [4.69, 9.17) is 5.11 Å². The maximum atomic E-state index is 11.0. The van der Waals surface area contributed by atoms with Gasteiger partial charge in [-0.25, -0.2) is 4.79 Å². The Balaban J connectivity index is 2.01. The second kappa shape index (κ2) is 5.07. The Morgan fingerprint density at radius 3 is 3.06 bits per heavy atom. The molecule has 1 atom stereocenters. The van der Waals surface area contributed by atoms with Crippen molar-refractivity contribution in [2.24, 2.45) is 0 Å². The van der Waals surface area contributed by atoms with E-state index in [1.165, 1.54) is 0 Å². The van der Waals surface area contributed by atoms with Crippen LogP contribution >= 0.6 is 0 Å². The number of nitrogens with one attached hydrogen (secondary N) is 1. The van der Waals surface area contributed by atoms with Gasteiger partial charge in [-0.2, -0.15) is 5.10 Å². The van der Waals surface area contributed by atoms with Gasteiger partial charge in [0.25, 0.3) is 0 Å². The molecule has 0 aromatic carbocycles. The van der Waals surface area contributed by atoms with Crippen LogP contribution in [0.3, 0.4) is 0 Å². The molecule has 2 heterocycles. The number of nitrogens with zero attached hydrogens (tertiary/aromatic N) is 2. The van der Waals surface area contributed by atoms with Gasteiger partial charge in [-0.1, -0.05) is 0 Å². The predicted molar refractivity (Wildman–Crippen MR) is 65.3 cm³/mol. The number of aromatic carboxylic acids is 1. The standard InChI is InChI=1S/C12H19N3O3/c1-12(18)3-2-5-15(6-4-12)8-9-7-13-14-10(9)11(16)17/h7,18H,2-6,8H2,1H3,(H,13,14)(H,16,17)/t12-/m1/s1. The molecule has 1 aliphatic heterocycles. The SMILES string of the molecule is C[C@@]1(O)CCCN(Cc2cn[nH]c2C(=O)O)CC1. The van der Waals surface area contributed by atoms with Crippen molar-refractivity contribution in [3.8, 4) is 0 Å². The third kappa shape index (κ3) is 3.08. The number of carboxylic acid groups (broad SMARTS) is 1. The number of carboxylic acids is 1.